The molecule has 0 heterocycles. The third-order valence-electron chi connectivity index (χ3n) is 4.49. The van der Waals surface area contributed by atoms with E-state index in [4.69, 9.17) is 0 Å². The van der Waals surface area contributed by atoms with Crippen molar-refractivity contribution in [3.05, 3.63) is 76.9 Å². The van der Waals surface area contributed by atoms with Crippen molar-refractivity contribution in [2.24, 2.45) is 0 Å². The number of allylic oxidation sites excluding steroid dienone is 2. The van der Waals surface area contributed by atoms with Crippen LogP contribution in [0.25, 0.3) is 5.57 Å². The smallest absolute Gasteiger partial charge is 0.0310 e. The minimum atomic E-state index is 0.476. The van der Waals surface area contributed by atoms with Gasteiger partial charge in [0.25, 0.3) is 0 Å². The third-order valence-corrected chi connectivity index (χ3v) is 4.49. The van der Waals surface area contributed by atoms with Gasteiger partial charge < -0.3 is 0 Å². The minimum Gasteiger partial charge on any atom is -0.0651 e. The van der Waals surface area contributed by atoms with Crippen LogP contribution in [0.5, 0.6) is 0 Å². The number of benzene rings is 2. The summed E-state index contributed by atoms with van der Waals surface area (Å²) in [5.74, 6) is 0.476. The van der Waals surface area contributed by atoms with Gasteiger partial charge in [-0.2, -0.15) is 0 Å². The predicted octanol–water partition coefficient (Wildman–Crippen LogP) is 6.19. The second-order valence-electron chi connectivity index (χ2n) is 5.93. The Morgan fingerprint density at radius 1 is 0.762 bits per heavy atom. The highest BCUT2D eigenvalue weighted by Crippen LogP contribution is 2.48. The quantitative estimate of drug-likeness (QED) is 0.611. The van der Waals surface area contributed by atoms with E-state index in [0.29, 0.717) is 5.92 Å². The van der Waals surface area contributed by atoms with E-state index in [1.165, 1.54) is 42.4 Å². The molecule has 1 aliphatic rings. The summed E-state index contributed by atoms with van der Waals surface area (Å²) in [5.41, 5.74) is 7.72. The van der Waals surface area contributed by atoms with Crippen molar-refractivity contribution in [2.75, 3.05) is 0 Å². The summed E-state index contributed by atoms with van der Waals surface area (Å²) in [5, 5.41) is 0. The highest BCUT2D eigenvalue weighted by Gasteiger charge is 2.30. The highest BCUT2D eigenvalue weighted by molar-refractivity contribution is 5.80. The topological polar surface area (TPSA) is 0 Å². The maximum Gasteiger partial charge on any atom is 0.0310 e. The Hall–Kier alpha value is -1.82. The van der Waals surface area contributed by atoms with Crippen molar-refractivity contribution in [1.29, 1.82) is 0 Å². The van der Waals surface area contributed by atoms with Crippen molar-refractivity contribution < 1.29 is 0 Å². The summed E-state index contributed by atoms with van der Waals surface area (Å²) < 4.78 is 0. The highest BCUT2D eigenvalue weighted by atomic mass is 14.3. The standard InChI is InChI=1S/C21H24/c1-3-10-17-18-14-8-9-15-20(18)21(19(17)11-4-2)16-12-6-5-7-13-16/h5-9,12-15,21H,3-4,10-11H2,1-2H3. The summed E-state index contributed by atoms with van der Waals surface area (Å²) in [6.07, 6.45) is 4.86. The largest absolute Gasteiger partial charge is 0.0651 e. The lowest BCUT2D eigenvalue weighted by Crippen LogP contribution is -2.01. The Bertz CT molecular complexity index is 634. The number of hydrogen-bond acceptors (Lipinski definition) is 0. The van der Waals surface area contributed by atoms with Gasteiger partial charge in [0.15, 0.2) is 0 Å². The van der Waals surface area contributed by atoms with Crippen LogP contribution < -0.4 is 0 Å². The van der Waals surface area contributed by atoms with E-state index >= 15 is 0 Å². The van der Waals surface area contributed by atoms with Crippen LogP contribution >= 0.6 is 0 Å². The molecule has 1 aliphatic carbocycles. The van der Waals surface area contributed by atoms with Crippen LogP contribution in [-0.2, 0) is 0 Å². The molecule has 1 unspecified atom stereocenters. The van der Waals surface area contributed by atoms with Crippen LogP contribution in [0.3, 0.4) is 0 Å². The summed E-state index contributed by atoms with van der Waals surface area (Å²) >= 11 is 0. The lowest BCUT2D eigenvalue weighted by Gasteiger charge is -2.17. The van der Waals surface area contributed by atoms with Crippen LogP contribution in [0, 0.1) is 0 Å². The van der Waals surface area contributed by atoms with Gasteiger partial charge in [-0.1, -0.05) is 86.9 Å². The first-order valence-corrected chi connectivity index (χ1v) is 8.23. The van der Waals surface area contributed by atoms with Gasteiger partial charge in [-0.25, -0.2) is 0 Å². The van der Waals surface area contributed by atoms with E-state index in [9.17, 15) is 0 Å². The molecule has 3 rings (SSSR count). The third kappa shape index (κ3) is 2.55. The average molecular weight is 276 g/mol. The fraction of sp³-hybridized carbons (Fsp3) is 0.333. The van der Waals surface area contributed by atoms with E-state index in [-0.39, 0.29) is 0 Å². The molecule has 2 aromatic carbocycles. The van der Waals surface area contributed by atoms with Crippen LogP contribution in [0.4, 0.5) is 0 Å². The molecular formula is C21H24. The SMILES string of the molecule is CCCC1=C(CCC)C(c2ccccc2)c2ccccc21. The molecule has 0 saturated heterocycles. The zero-order valence-corrected chi connectivity index (χ0v) is 13.1. The molecule has 2 aromatic rings. The molecule has 21 heavy (non-hydrogen) atoms. The lowest BCUT2D eigenvalue weighted by atomic mass is 9.86. The number of fused-ring (bicyclic) bond motifs is 1. The molecule has 108 valence electrons. The Labute approximate surface area is 128 Å². The summed E-state index contributed by atoms with van der Waals surface area (Å²) in [7, 11) is 0. The first-order chi connectivity index (χ1) is 10.4. The second kappa shape index (κ2) is 6.30. The molecule has 0 bridgehead atoms. The Balaban J connectivity index is 2.16. The van der Waals surface area contributed by atoms with E-state index < -0.39 is 0 Å². The van der Waals surface area contributed by atoms with E-state index in [0.717, 1.165) is 0 Å². The van der Waals surface area contributed by atoms with Gasteiger partial charge in [0, 0.05) is 5.92 Å². The van der Waals surface area contributed by atoms with Crippen molar-refractivity contribution in [2.45, 2.75) is 45.4 Å². The molecule has 0 heteroatoms. The maximum absolute atomic E-state index is 2.32. The fourth-order valence-electron chi connectivity index (χ4n) is 3.69. The van der Waals surface area contributed by atoms with Crippen LogP contribution in [0.2, 0.25) is 0 Å². The molecule has 0 fully saturated rings. The van der Waals surface area contributed by atoms with Crippen molar-refractivity contribution in [1.82, 2.24) is 0 Å². The lowest BCUT2D eigenvalue weighted by molar-refractivity contribution is 0.820. The Morgan fingerprint density at radius 2 is 1.43 bits per heavy atom. The summed E-state index contributed by atoms with van der Waals surface area (Å²) in [4.78, 5) is 0. The predicted molar refractivity (Wildman–Crippen MR) is 91.5 cm³/mol. The van der Waals surface area contributed by atoms with Gasteiger partial charge in [0.05, 0.1) is 0 Å². The average Bonchev–Trinajstić information content (AvgIpc) is 2.83. The fourth-order valence-corrected chi connectivity index (χ4v) is 3.69. The monoisotopic (exact) mass is 276 g/mol. The molecule has 0 radical (unpaired) electrons. The molecule has 0 aliphatic heterocycles. The number of hydrogen-bond donors (Lipinski definition) is 0. The van der Waals surface area contributed by atoms with Crippen LogP contribution in [-0.4, -0.2) is 0 Å². The molecule has 0 aromatic heterocycles. The minimum absolute atomic E-state index is 0.476. The Kier molecular flexibility index (Phi) is 4.24. The number of rotatable bonds is 5. The molecule has 0 saturated carbocycles. The van der Waals surface area contributed by atoms with E-state index in [2.05, 4.69) is 68.4 Å². The van der Waals surface area contributed by atoms with Crippen molar-refractivity contribution >= 4 is 5.57 Å². The molecule has 0 nitrogen and oxygen atoms in total. The van der Waals surface area contributed by atoms with E-state index in [1.807, 2.05) is 0 Å². The molecular weight excluding hydrogens is 252 g/mol. The molecule has 0 spiro atoms. The molecule has 0 N–H and O–H groups in total. The first-order valence-electron chi connectivity index (χ1n) is 8.23. The molecule has 0 amide bonds. The first kappa shape index (κ1) is 14.1. The van der Waals surface area contributed by atoms with Crippen molar-refractivity contribution in [3.63, 3.8) is 0 Å². The van der Waals surface area contributed by atoms with Crippen LogP contribution in [0.1, 0.15) is 62.1 Å². The van der Waals surface area contributed by atoms with Gasteiger partial charge in [-0.15, -0.1) is 0 Å². The van der Waals surface area contributed by atoms with E-state index in [1.54, 1.807) is 11.1 Å². The van der Waals surface area contributed by atoms with Crippen LogP contribution in [0.15, 0.2) is 60.2 Å². The van der Waals surface area contributed by atoms with Gasteiger partial charge in [0.2, 0.25) is 0 Å². The normalized spacial score (nSPS) is 17.1. The van der Waals surface area contributed by atoms with Gasteiger partial charge in [-0.3, -0.25) is 0 Å². The zero-order valence-electron chi connectivity index (χ0n) is 13.1. The molecule has 1 atom stereocenters. The second-order valence-corrected chi connectivity index (χ2v) is 5.93. The summed E-state index contributed by atoms with van der Waals surface area (Å²) in [6.45, 7) is 4.58. The summed E-state index contributed by atoms with van der Waals surface area (Å²) in [6, 6.07) is 20.0. The Morgan fingerprint density at radius 3 is 2.14 bits per heavy atom. The van der Waals surface area contributed by atoms with Gasteiger partial charge >= 0.3 is 0 Å². The zero-order chi connectivity index (χ0) is 14.7. The maximum atomic E-state index is 2.32. The van der Waals surface area contributed by atoms with Gasteiger partial charge in [0.1, 0.15) is 0 Å². The van der Waals surface area contributed by atoms with Gasteiger partial charge in [-0.05, 0) is 35.1 Å². The van der Waals surface area contributed by atoms with Crippen molar-refractivity contribution in [3.8, 4) is 0 Å².